The number of benzene rings is 1. The van der Waals surface area contributed by atoms with E-state index in [2.05, 4.69) is 20.0 Å². The van der Waals surface area contributed by atoms with Crippen molar-refractivity contribution < 1.29 is 0 Å². The first kappa shape index (κ1) is 9.43. The van der Waals surface area contributed by atoms with Crippen LogP contribution in [0.1, 0.15) is 5.56 Å². The molecule has 15 heavy (non-hydrogen) atoms. The van der Waals surface area contributed by atoms with Gasteiger partial charge in [-0.25, -0.2) is 0 Å². The molecule has 0 fully saturated rings. The minimum Gasteiger partial charge on any atom is -0.286 e. The smallest absolute Gasteiger partial charge is 0.0774 e. The van der Waals surface area contributed by atoms with Crippen molar-refractivity contribution in [3.8, 4) is 0 Å². The molecule has 0 bridgehead atoms. The van der Waals surface area contributed by atoms with Gasteiger partial charge < -0.3 is 0 Å². The summed E-state index contributed by atoms with van der Waals surface area (Å²) in [6.45, 7) is 0.774. The molecule has 0 aromatic heterocycles. The monoisotopic (exact) mass is 199 g/mol. The van der Waals surface area contributed by atoms with E-state index in [1.54, 1.807) is 6.21 Å². The van der Waals surface area contributed by atoms with E-state index in [9.17, 15) is 0 Å². The molecule has 5 heteroatoms. The van der Waals surface area contributed by atoms with Crippen molar-refractivity contribution in [3.63, 3.8) is 0 Å². The standard InChI is InChI=1S/C10H9N5/c11-15-13-7-9-6-12-5-8-3-1-2-4-10(8)14-9/h1-5H,6-7H2. The Hall–Kier alpha value is -2.13. The first-order chi connectivity index (χ1) is 7.40. The summed E-state index contributed by atoms with van der Waals surface area (Å²) in [6, 6.07) is 7.74. The van der Waals surface area contributed by atoms with Crippen LogP contribution >= 0.6 is 0 Å². The van der Waals surface area contributed by atoms with Crippen LogP contribution in [-0.2, 0) is 0 Å². The molecule has 0 saturated carbocycles. The lowest BCUT2D eigenvalue weighted by molar-refractivity contribution is 1.18. The molecule has 1 aliphatic rings. The molecule has 2 rings (SSSR count). The summed E-state index contributed by atoms with van der Waals surface area (Å²) in [6.07, 6.45) is 1.79. The normalized spacial score (nSPS) is 13.5. The quantitative estimate of drug-likeness (QED) is 0.398. The highest BCUT2D eigenvalue weighted by Crippen LogP contribution is 2.18. The SMILES string of the molecule is [N-]=[N+]=NCC1=Nc2ccccc2C=NC1. The van der Waals surface area contributed by atoms with Gasteiger partial charge in [-0.1, -0.05) is 23.3 Å². The molecule has 1 heterocycles. The van der Waals surface area contributed by atoms with Crippen LogP contribution in [0.5, 0.6) is 0 Å². The molecule has 0 amide bonds. The molecule has 0 unspecified atom stereocenters. The van der Waals surface area contributed by atoms with Gasteiger partial charge in [0, 0.05) is 22.4 Å². The number of hydrogen-bond acceptors (Lipinski definition) is 3. The summed E-state index contributed by atoms with van der Waals surface area (Å²) in [7, 11) is 0. The van der Waals surface area contributed by atoms with Crippen molar-refractivity contribution in [2.75, 3.05) is 13.1 Å². The Labute approximate surface area is 86.8 Å². The Kier molecular flexibility index (Phi) is 2.76. The minimum absolute atomic E-state index is 0.280. The van der Waals surface area contributed by atoms with Crippen LogP contribution in [0.25, 0.3) is 10.4 Å². The van der Waals surface area contributed by atoms with E-state index in [0.29, 0.717) is 6.54 Å². The molecule has 74 valence electrons. The molecule has 0 N–H and O–H groups in total. The van der Waals surface area contributed by atoms with Crippen LogP contribution in [0.3, 0.4) is 0 Å². The second kappa shape index (κ2) is 4.39. The Bertz CT molecular complexity index is 468. The Morgan fingerprint density at radius 1 is 1.40 bits per heavy atom. The highest BCUT2D eigenvalue weighted by molar-refractivity contribution is 5.98. The number of azide groups is 1. The summed E-state index contributed by atoms with van der Waals surface area (Å²) in [5.41, 5.74) is 10.9. The van der Waals surface area contributed by atoms with Crippen LogP contribution < -0.4 is 0 Å². The van der Waals surface area contributed by atoms with Crippen LogP contribution in [0.4, 0.5) is 5.69 Å². The third kappa shape index (κ3) is 2.21. The van der Waals surface area contributed by atoms with Crippen molar-refractivity contribution in [3.05, 3.63) is 40.3 Å². The van der Waals surface area contributed by atoms with Crippen molar-refractivity contribution in [1.82, 2.24) is 0 Å². The van der Waals surface area contributed by atoms with E-state index < -0.39 is 0 Å². The first-order valence-corrected chi connectivity index (χ1v) is 4.56. The third-order valence-electron chi connectivity index (χ3n) is 2.04. The molecule has 0 radical (unpaired) electrons. The predicted molar refractivity (Wildman–Crippen MR) is 60.0 cm³/mol. The fraction of sp³-hybridized carbons (Fsp3) is 0.200. The molecular weight excluding hydrogens is 190 g/mol. The van der Waals surface area contributed by atoms with Gasteiger partial charge in [0.1, 0.15) is 0 Å². The lowest BCUT2D eigenvalue weighted by Crippen LogP contribution is -2.05. The second-order valence-electron chi connectivity index (χ2n) is 3.10. The number of rotatable bonds is 2. The third-order valence-corrected chi connectivity index (χ3v) is 2.04. The van der Waals surface area contributed by atoms with Gasteiger partial charge >= 0.3 is 0 Å². The predicted octanol–water partition coefficient (Wildman–Crippen LogP) is 2.50. The fourth-order valence-corrected chi connectivity index (χ4v) is 1.35. The van der Waals surface area contributed by atoms with E-state index in [1.165, 1.54) is 0 Å². The van der Waals surface area contributed by atoms with Gasteiger partial charge in [-0.3, -0.25) is 9.98 Å². The van der Waals surface area contributed by atoms with Gasteiger partial charge in [-0.2, -0.15) is 0 Å². The van der Waals surface area contributed by atoms with Crippen LogP contribution in [0.15, 0.2) is 39.4 Å². The van der Waals surface area contributed by atoms with Gasteiger partial charge in [0.15, 0.2) is 0 Å². The fourth-order valence-electron chi connectivity index (χ4n) is 1.35. The molecule has 1 aliphatic heterocycles. The molecule has 0 spiro atoms. The lowest BCUT2D eigenvalue weighted by atomic mass is 10.2. The van der Waals surface area contributed by atoms with Gasteiger partial charge in [0.25, 0.3) is 0 Å². The maximum Gasteiger partial charge on any atom is 0.0774 e. The zero-order valence-corrected chi connectivity index (χ0v) is 8.04. The number of nitrogens with zero attached hydrogens (tertiary/aromatic N) is 5. The summed E-state index contributed by atoms with van der Waals surface area (Å²) >= 11 is 0. The first-order valence-electron chi connectivity index (χ1n) is 4.56. The summed E-state index contributed by atoms with van der Waals surface area (Å²) in [5.74, 6) is 0. The number of aliphatic imine (C=N–C) groups is 2. The van der Waals surface area contributed by atoms with Crippen molar-refractivity contribution in [2.24, 2.45) is 15.1 Å². The van der Waals surface area contributed by atoms with E-state index in [1.807, 2.05) is 24.3 Å². The average Bonchev–Trinajstić information content (AvgIpc) is 2.47. The van der Waals surface area contributed by atoms with E-state index in [4.69, 9.17) is 5.53 Å². The largest absolute Gasteiger partial charge is 0.286 e. The Morgan fingerprint density at radius 3 is 3.13 bits per heavy atom. The van der Waals surface area contributed by atoms with Crippen LogP contribution in [0.2, 0.25) is 0 Å². The van der Waals surface area contributed by atoms with Crippen LogP contribution in [0, 0.1) is 0 Å². The number of fused-ring (bicyclic) bond motifs is 1. The maximum absolute atomic E-state index is 8.23. The highest BCUT2D eigenvalue weighted by Gasteiger charge is 2.04. The van der Waals surface area contributed by atoms with Crippen molar-refractivity contribution in [2.45, 2.75) is 0 Å². The molecule has 1 aromatic carbocycles. The summed E-state index contributed by atoms with van der Waals surface area (Å²) in [5, 5.41) is 3.49. The van der Waals surface area contributed by atoms with Crippen molar-refractivity contribution in [1.29, 1.82) is 0 Å². The van der Waals surface area contributed by atoms with E-state index >= 15 is 0 Å². The van der Waals surface area contributed by atoms with Gasteiger partial charge in [0.2, 0.25) is 0 Å². The van der Waals surface area contributed by atoms with Crippen LogP contribution in [-0.4, -0.2) is 25.0 Å². The van der Waals surface area contributed by atoms with Crippen molar-refractivity contribution >= 4 is 17.6 Å². The zero-order valence-electron chi connectivity index (χ0n) is 8.04. The molecule has 0 saturated heterocycles. The van der Waals surface area contributed by atoms with Gasteiger partial charge in [-0.15, -0.1) is 0 Å². The number of hydrogen-bond donors (Lipinski definition) is 0. The molecule has 0 atom stereocenters. The summed E-state index contributed by atoms with van der Waals surface area (Å²) < 4.78 is 0. The van der Waals surface area contributed by atoms with Gasteiger partial charge in [-0.05, 0) is 11.6 Å². The summed E-state index contributed by atoms with van der Waals surface area (Å²) in [4.78, 5) is 11.3. The molecule has 5 nitrogen and oxygen atoms in total. The molecule has 0 aliphatic carbocycles. The minimum atomic E-state index is 0.280. The topological polar surface area (TPSA) is 73.5 Å². The molecule has 1 aromatic rings. The maximum atomic E-state index is 8.23. The molecular formula is C10H9N5. The lowest BCUT2D eigenvalue weighted by Gasteiger charge is -1.98. The second-order valence-corrected chi connectivity index (χ2v) is 3.10. The van der Waals surface area contributed by atoms with E-state index in [-0.39, 0.29) is 6.54 Å². The number of para-hydroxylation sites is 1. The highest BCUT2D eigenvalue weighted by atomic mass is 15.1. The van der Waals surface area contributed by atoms with E-state index in [0.717, 1.165) is 17.0 Å². The zero-order chi connectivity index (χ0) is 10.5. The average molecular weight is 199 g/mol. The Balaban J connectivity index is 2.35. The Morgan fingerprint density at radius 2 is 2.27 bits per heavy atom. The van der Waals surface area contributed by atoms with Gasteiger partial charge in [0.05, 0.1) is 18.8 Å².